The van der Waals surface area contributed by atoms with Gasteiger partial charge >= 0.3 is 5.97 Å². The van der Waals surface area contributed by atoms with Crippen LogP contribution in [0.4, 0.5) is 5.00 Å². The lowest BCUT2D eigenvalue weighted by Gasteiger charge is -2.10. The van der Waals surface area contributed by atoms with Gasteiger partial charge in [-0.3, -0.25) is 9.59 Å². The molecule has 1 aromatic heterocycles. The van der Waals surface area contributed by atoms with Gasteiger partial charge in [0, 0.05) is 11.4 Å². The van der Waals surface area contributed by atoms with E-state index in [-0.39, 0.29) is 17.0 Å². The third-order valence-corrected chi connectivity index (χ3v) is 7.58. The molecule has 0 bridgehead atoms. The summed E-state index contributed by atoms with van der Waals surface area (Å²) in [5, 5.41) is 2.95. The smallest absolute Gasteiger partial charge is 0.338 e. The first-order valence-corrected chi connectivity index (χ1v) is 12.0. The van der Waals surface area contributed by atoms with Gasteiger partial charge in [-0.2, -0.15) is 0 Å². The molecule has 1 aliphatic rings. The van der Waals surface area contributed by atoms with E-state index in [0.717, 1.165) is 29.7 Å². The maximum atomic E-state index is 12.5. The summed E-state index contributed by atoms with van der Waals surface area (Å²) in [6, 6.07) is 4.09. The summed E-state index contributed by atoms with van der Waals surface area (Å²) in [5.41, 5.74) is 7.21. The minimum atomic E-state index is -3.75. The number of amides is 2. The molecular formula is C20H23N3O6S2. The molecule has 0 saturated carbocycles. The molecule has 31 heavy (non-hydrogen) atoms. The Bertz CT molecular complexity index is 1150. The van der Waals surface area contributed by atoms with E-state index in [1.54, 1.807) is 13.8 Å². The standard InChI is InChI=1S/C20H23N3O6S2/c1-3-22-31(27,28)12-8-7-11(2)14(9-12)20(26)29-10-16(24)23-19-17(18(21)25)13-5-4-6-15(13)30-19/h7-9,22H,3-6,10H2,1-2H3,(H2,21,25)(H,23,24). The molecule has 0 atom stereocenters. The van der Waals surface area contributed by atoms with Crippen LogP contribution >= 0.6 is 11.3 Å². The summed E-state index contributed by atoms with van der Waals surface area (Å²) >= 11 is 1.30. The fraction of sp³-hybridized carbons (Fsp3) is 0.350. The van der Waals surface area contributed by atoms with E-state index in [2.05, 4.69) is 10.0 Å². The van der Waals surface area contributed by atoms with Crippen molar-refractivity contribution in [2.45, 2.75) is 38.0 Å². The van der Waals surface area contributed by atoms with E-state index in [1.165, 1.54) is 29.5 Å². The number of aryl methyl sites for hydroxylation is 2. The molecule has 1 aromatic carbocycles. The normalized spacial score (nSPS) is 13.0. The first-order valence-electron chi connectivity index (χ1n) is 9.65. The third kappa shape index (κ3) is 4.94. The number of benzene rings is 1. The second-order valence-electron chi connectivity index (χ2n) is 7.03. The second kappa shape index (κ2) is 9.16. The topological polar surface area (TPSA) is 145 Å². The molecule has 0 fully saturated rings. The van der Waals surface area contributed by atoms with E-state index in [1.807, 2.05) is 0 Å². The van der Waals surface area contributed by atoms with E-state index in [0.29, 0.717) is 16.1 Å². The van der Waals surface area contributed by atoms with Crippen LogP contribution in [0.5, 0.6) is 0 Å². The Hall–Kier alpha value is -2.76. The minimum Gasteiger partial charge on any atom is -0.452 e. The van der Waals surface area contributed by atoms with E-state index < -0.39 is 34.4 Å². The Morgan fingerprint density at radius 1 is 1.23 bits per heavy atom. The van der Waals surface area contributed by atoms with Crippen LogP contribution in [-0.4, -0.2) is 39.4 Å². The number of carbonyl (C=O) groups is 3. The van der Waals surface area contributed by atoms with Gasteiger partial charge in [0.25, 0.3) is 11.8 Å². The Labute approximate surface area is 184 Å². The van der Waals surface area contributed by atoms with Crippen LogP contribution in [0, 0.1) is 6.92 Å². The lowest BCUT2D eigenvalue weighted by Crippen LogP contribution is -2.24. The van der Waals surface area contributed by atoms with Crippen molar-refractivity contribution in [3.63, 3.8) is 0 Å². The largest absolute Gasteiger partial charge is 0.452 e. The van der Waals surface area contributed by atoms with Crippen molar-refractivity contribution in [2.24, 2.45) is 5.73 Å². The number of primary amides is 1. The molecule has 3 rings (SSSR count). The predicted molar refractivity (Wildman–Crippen MR) is 116 cm³/mol. The van der Waals surface area contributed by atoms with Crippen LogP contribution < -0.4 is 15.8 Å². The van der Waals surface area contributed by atoms with Gasteiger partial charge in [-0.1, -0.05) is 13.0 Å². The van der Waals surface area contributed by atoms with Gasteiger partial charge in [-0.05, 0) is 49.4 Å². The van der Waals surface area contributed by atoms with Gasteiger partial charge in [0.05, 0.1) is 16.0 Å². The number of esters is 1. The quantitative estimate of drug-likeness (QED) is 0.507. The number of hydrogen-bond donors (Lipinski definition) is 3. The highest BCUT2D eigenvalue weighted by molar-refractivity contribution is 7.89. The molecule has 11 heteroatoms. The Morgan fingerprint density at radius 3 is 2.65 bits per heavy atom. The van der Waals surface area contributed by atoms with Crippen molar-refractivity contribution in [3.05, 3.63) is 45.3 Å². The van der Waals surface area contributed by atoms with Crippen LogP contribution in [-0.2, 0) is 32.4 Å². The van der Waals surface area contributed by atoms with Gasteiger partial charge in [-0.25, -0.2) is 17.9 Å². The summed E-state index contributed by atoms with van der Waals surface area (Å²) in [5.74, 6) is -2.06. The zero-order valence-corrected chi connectivity index (χ0v) is 18.7. The molecule has 0 saturated heterocycles. The summed E-state index contributed by atoms with van der Waals surface area (Å²) in [6.07, 6.45) is 2.51. The summed E-state index contributed by atoms with van der Waals surface area (Å²) < 4.78 is 31.8. The summed E-state index contributed by atoms with van der Waals surface area (Å²) in [4.78, 5) is 37.5. The number of ether oxygens (including phenoxy) is 1. The van der Waals surface area contributed by atoms with Gasteiger partial charge < -0.3 is 15.8 Å². The number of sulfonamides is 1. The minimum absolute atomic E-state index is 0.0414. The molecule has 0 unspecified atom stereocenters. The van der Waals surface area contributed by atoms with Gasteiger partial charge in [0.15, 0.2) is 6.61 Å². The molecule has 0 spiro atoms. The average Bonchev–Trinajstić information content (AvgIpc) is 3.26. The second-order valence-corrected chi connectivity index (χ2v) is 9.90. The number of anilines is 1. The highest BCUT2D eigenvalue weighted by Gasteiger charge is 2.26. The summed E-state index contributed by atoms with van der Waals surface area (Å²) in [7, 11) is -3.75. The molecule has 4 N–H and O–H groups in total. The van der Waals surface area contributed by atoms with Crippen molar-refractivity contribution < 1.29 is 27.5 Å². The average molecular weight is 466 g/mol. The number of hydrogen-bond acceptors (Lipinski definition) is 7. The maximum absolute atomic E-state index is 12.5. The lowest BCUT2D eigenvalue weighted by molar-refractivity contribution is -0.119. The van der Waals surface area contributed by atoms with Crippen molar-refractivity contribution in [1.82, 2.24) is 4.72 Å². The predicted octanol–water partition coefficient (Wildman–Crippen LogP) is 1.74. The molecule has 1 aliphatic carbocycles. The Balaban J connectivity index is 1.69. The highest BCUT2D eigenvalue weighted by Crippen LogP contribution is 2.38. The Morgan fingerprint density at radius 2 is 1.97 bits per heavy atom. The van der Waals surface area contributed by atoms with Gasteiger partial charge in [0.2, 0.25) is 10.0 Å². The van der Waals surface area contributed by atoms with Crippen LogP contribution in [0.2, 0.25) is 0 Å². The first kappa shape index (κ1) is 22.9. The van der Waals surface area contributed by atoms with Crippen molar-refractivity contribution in [3.8, 4) is 0 Å². The van der Waals surface area contributed by atoms with Crippen LogP contribution in [0.25, 0.3) is 0 Å². The number of thiophene rings is 1. The molecular weight excluding hydrogens is 442 g/mol. The fourth-order valence-electron chi connectivity index (χ4n) is 3.39. The third-order valence-electron chi connectivity index (χ3n) is 4.83. The molecule has 1 heterocycles. The molecule has 2 aromatic rings. The number of rotatable bonds is 8. The molecule has 0 aliphatic heterocycles. The zero-order valence-electron chi connectivity index (χ0n) is 17.1. The SMILES string of the molecule is CCNS(=O)(=O)c1ccc(C)c(C(=O)OCC(=O)Nc2sc3c(c2C(N)=O)CCC3)c1. The summed E-state index contributed by atoms with van der Waals surface area (Å²) in [6.45, 7) is 2.89. The monoisotopic (exact) mass is 465 g/mol. The lowest BCUT2D eigenvalue weighted by atomic mass is 10.1. The fourth-order valence-corrected chi connectivity index (χ4v) is 5.76. The van der Waals surface area contributed by atoms with Crippen molar-refractivity contribution in [2.75, 3.05) is 18.5 Å². The first-order chi connectivity index (χ1) is 14.6. The van der Waals surface area contributed by atoms with E-state index in [4.69, 9.17) is 10.5 Å². The van der Waals surface area contributed by atoms with Crippen LogP contribution in [0.1, 0.15) is 50.1 Å². The van der Waals surface area contributed by atoms with Crippen molar-refractivity contribution >= 4 is 44.1 Å². The maximum Gasteiger partial charge on any atom is 0.338 e. The number of nitrogens with two attached hydrogens (primary N) is 1. The number of carbonyl (C=O) groups excluding carboxylic acids is 3. The molecule has 166 valence electrons. The van der Waals surface area contributed by atoms with Gasteiger partial charge in [0.1, 0.15) is 5.00 Å². The highest BCUT2D eigenvalue weighted by atomic mass is 32.2. The van der Waals surface area contributed by atoms with E-state index >= 15 is 0 Å². The number of nitrogens with one attached hydrogen (secondary N) is 2. The molecule has 0 radical (unpaired) electrons. The Kier molecular flexibility index (Phi) is 6.77. The van der Waals surface area contributed by atoms with E-state index in [9.17, 15) is 22.8 Å². The zero-order chi connectivity index (χ0) is 22.8. The number of fused-ring (bicyclic) bond motifs is 1. The van der Waals surface area contributed by atoms with Crippen molar-refractivity contribution in [1.29, 1.82) is 0 Å². The van der Waals surface area contributed by atoms with Gasteiger partial charge in [-0.15, -0.1) is 11.3 Å². The molecule has 9 nitrogen and oxygen atoms in total. The van der Waals surface area contributed by atoms with Crippen LogP contribution in [0.15, 0.2) is 23.1 Å². The molecule has 2 amide bonds. The van der Waals surface area contributed by atoms with Crippen LogP contribution in [0.3, 0.4) is 0 Å².